The van der Waals surface area contributed by atoms with E-state index < -0.39 is 10.0 Å². The lowest BCUT2D eigenvalue weighted by Gasteiger charge is -2.11. The first kappa shape index (κ1) is 18.5. The number of hydrogen-bond donors (Lipinski definition) is 3. The highest BCUT2D eigenvalue weighted by atomic mass is 32.2. The van der Waals surface area contributed by atoms with Crippen LogP contribution in [0.4, 0.5) is 22.7 Å². The van der Waals surface area contributed by atoms with Crippen molar-refractivity contribution in [2.75, 3.05) is 15.4 Å². The molecule has 0 atom stereocenters. The Labute approximate surface area is 158 Å². The fourth-order valence-corrected chi connectivity index (χ4v) is 3.56. The topological polar surface area (TPSA) is 87.3 Å². The predicted molar refractivity (Wildman–Crippen MR) is 108 cm³/mol. The first-order valence-electron chi connectivity index (χ1n) is 8.25. The highest BCUT2D eigenvalue weighted by Gasteiger charge is 2.13. The molecule has 3 rings (SSSR count). The Hall–Kier alpha value is -3.32. The summed E-state index contributed by atoms with van der Waals surface area (Å²) in [7, 11) is -3.61. The third kappa shape index (κ3) is 5.08. The van der Waals surface area contributed by atoms with Crippen molar-refractivity contribution < 1.29 is 13.2 Å². The lowest BCUT2D eigenvalue weighted by Crippen LogP contribution is -2.12. The lowest BCUT2D eigenvalue weighted by molar-refractivity contribution is -0.114. The monoisotopic (exact) mass is 381 g/mol. The molecular weight excluding hydrogens is 362 g/mol. The molecule has 3 N–H and O–H groups in total. The molecule has 0 aliphatic heterocycles. The quantitative estimate of drug-likeness (QED) is 0.597. The van der Waals surface area contributed by atoms with E-state index in [-0.39, 0.29) is 10.8 Å². The van der Waals surface area contributed by atoms with Gasteiger partial charge in [-0.2, -0.15) is 0 Å². The normalized spacial score (nSPS) is 10.9. The van der Waals surface area contributed by atoms with Gasteiger partial charge in [-0.1, -0.05) is 24.3 Å². The van der Waals surface area contributed by atoms with E-state index in [1.807, 2.05) is 18.2 Å². The maximum Gasteiger partial charge on any atom is 0.261 e. The van der Waals surface area contributed by atoms with E-state index in [9.17, 15) is 13.2 Å². The van der Waals surface area contributed by atoms with Gasteiger partial charge in [0, 0.05) is 29.7 Å². The van der Waals surface area contributed by atoms with Crippen LogP contribution in [0.25, 0.3) is 0 Å². The minimum absolute atomic E-state index is 0.137. The van der Waals surface area contributed by atoms with Gasteiger partial charge in [0.25, 0.3) is 10.0 Å². The molecule has 0 fully saturated rings. The second-order valence-corrected chi connectivity index (χ2v) is 7.57. The van der Waals surface area contributed by atoms with Gasteiger partial charge in [-0.25, -0.2) is 8.42 Å². The predicted octanol–water partition coefficient (Wildman–Crippen LogP) is 4.19. The summed E-state index contributed by atoms with van der Waals surface area (Å²) in [5.41, 5.74) is 2.76. The fourth-order valence-electron chi connectivity index (χ4n) is 2.48. The van der Waals surface area contributed by atoms with Gasteiger partial charge in [-0.05, 0) is 54.6 Å². The molecule has 0 unspecified atom stereocenters. The highest BCUT2D eigenvalue weighted by molar-refractivity contribution is 7.92. The molecule has 3 aromatic rings. The van der Waals surface area contributed by atoms with Gasteiger partial charge in [0.2, 0.25) is 5.91 Å². The van der Waals surface area contributed by atoms with Gasteiger partial charge in [0.05, 0.1) is 4.90 Å². The fraction of sp³-hybridized carbons (Fsp3) is 0.0500. The molecule has 0 spiro atoms. The minimum Gasteiger partial charge on any atom is -0.355 e. The summed E-state index contributed by atoms with van der Waals surface area (Å²) in [6.45, 7) is 1.45. The summed E-state index contributed by atoms with van der Waals surface area (Å²) in [4.78, 5) is 11.4. The van der Waals surface area contributed by atoms with E-state index in [1.165, 1.54) is 6.92 Å². The molecule has 0 bridgehead atoms. The molecule has 0 radical (unpaired) electrons. The van der Waals surface area contributed by atoms with Gasteiger partial charge in [0.15, 0.2) is 0 Å². The van der Waals surface area contributed by atoms with Gasteiger partial charge in [-0.3, -0.25) is 9.52 Å². The van der Waals surface area contributed by atoms with Crippen molar-refractivity contribution >= 4 is 38.7 Å². The summed E-state index contributed by atoms with van der Waals surface area (Å²) >= 11 is 0. The number of rotatable bonds is 6. The van der Waals surface area contributed by atoms with Crippen molar-refractivity contribution in [3.63, 3.8) is 0 Å². The van der Waals surface area contributed by atoms with Crippen molar-refractivity contribution in [1.82, 2.24) is 0 Å². The van der Waals surface area contributed by atoms with E-state index in [1.54, 1.807) is 60.7 Å². The summed E-state index contributed by atoms with van der Waals surface area (Å²) in [6.07, 6.45) is 0. The number of benzene rings is 3. The van der Waals surface area contributed by atoms with Crippen LogP contribution >= 0.6 is 0 Å². The molecule has 0 saturated carbocycles. The largest absolute Gasteiger partial charge is 0.355 e. The van der Waals surface area contributed by atoms with Crippen LogP contribution < -0.4 is 15.4 Å². The van der Waals surface area contributed by atoms with Crippen LogP contribution in [0.2, 0.25) is 0 Å². The number of hydrogen-bond acceptors (Lipinski definition) is 4. The molecular formula is C20H19N3O3S. The SMILES string of the molecule is CC(=O)Nc1cccc(Nc2ccc(NS(=O)(=O)c3ccccc3)cc2)c1. The molecule has 0 aliphatic rings. The van der Waals surface area contributed by atoms with Crippen LogP contribution in [0.3, 0.4) is 0 Å². The van der Waals surface area contributed by atoms with Crippen molar-refractivity contribution in [3.8, 4) is 0 Å². The van der Waals surface area contributed by atoms with E-state index in [2.05, 4.69) is 15.4 Å². The first-order chi connectivity index (χ1) is 12.9. The average molecular weight is 381 g/mol. The Kier molecular flexibility index (Phi) is 5.42. The van der Waals surface area contributed by atoms with Gasteiger partial charge >= 0.3 is 0 Å². The number of sulfonamides is 1. The Morgan fingerprint density at radius 1 is 0.741 bits per heavy atom. The van der Waals surface area contributed by atoms with Crippen LogP contribution in [0.15, 0.2) is 83.8 Å². The summed E-state index contributed by atoms with van der Waals surface area (Å²) in [5.74, 6) is -0.137. The van der Waals surface area contributed by atoms with Gasteiger partial charge in [-0.15, -0.1) is 0 Å². The molecule has 7 heteroatoms. The second kappa shape index (κ2) is 7.92. The van der Waals surface area contributed by atoms with Crippen molar-refractivity contribution in [2.24, 2.45) is 0 Å². The number of amides is 1. The number of carbonyl (C=O) groups is 1. The van der Waals surface area contributed by atoms with Crippen LogP contribution in [0.1, 0.15) is 6.92 Å². The van der Waals surface area contributed by atoms with Gasteiger partial charge in [0.1, 0.15) is 0 Å². The zero-order valence-electron chi connectivity index (χ0n) is 14.6. The minimum atomic E-state index is -3.61. The van der Waals surface area contributed by atoms with E-state index in [4.69, 9.17) is 0 Å². The highest BCUT2D eigenvalue weighted by Crippen LogP contribution is 2.23. The van der Waals surface area contributed by atoms with Crippen LogP contribution in [-0.2, 0) is 14.8 Å². The number of nitrogens with one attached hydrogen (secondary N) is 3. The molecule has 0 heterocycles. The van der Waals surface area contributed by atoms with Crippen LogP contribution in [-0.4, -0.2) is 14.3 Å². The first-order valence-corrected chi connectivity index (χ1v) is 9.73. The molecule has 1 amide bonds. The van der Waals surface area contributed by atoms with Crippen LogP contribution in [0.5, 0.6) is 0 Å². The van der Waals surface area contributed by atoms with E-state index in [0.29, 0.717) is 11.4 Å². The Bertz CT molecular complexity index is 1030. The average Bonchev–Trinajstić information content (AvgIpc) is 2.64. The number of carbonyl (C=O) groups excluding carboxylic acids is 1. The molecule has 0 aromatic heterocycles. The molecule has 138 valence electrons. The maximum absolute atomic E-state index is 12.3. The van der Waals surface area contributed by atoms with Crippen molar-refractivity contribution in [2.45, 2.75) is 11.8 Å². The number of anilines is 4. The van der Waals surface area contributed by atoms with E-state index in [0.717, 1.165) is 11.4 Å². The molecule has 27 heavy (non-hydrogen) atoms. The summed E-state index contributed by atoms with van der Waals surface area (Å²) < 4.78 is 27.2. The Balaban J connectivity index is 1.70. The zero-order chi connectivity index (χ0) is 19.3. The third-order valence-corrected chi connectivity index (χ3v) is 5.06. The van der Waals surface area contributed by atoms with Gasteiger partial charge < -0.3 is 10.6 Å². The smallest absolute Gasteiger partial charge is 0.261 e. The lowest BCUT2D eigenvalue weighted by atomic mass is 10.2. The third-order valence-electron chi connectivity index (χ3n) is 3.66. The second-order valence-electron chi connectivity index (χ2n) is 5.88. The zero-order valence-corrected chi connectivity index (χ0v) is 15.5. The van der Waals surface area contributed by atoms with Crippen molar-refractivity contribution in [1.29, 1.82) is 0 Å². The maximum atomic E-state index is 12.3. The van der Waals surface area contributed by atoms with E-state index >= 15 is 0 Å². The molecule has 0 saturated heterocycles. The molecule has 0 aliphatic carbocycles. The standard InChI is InChI=1S/C20H19N3O3S/c1-15(24)21-18-6-5-7-19(14-18)22-16-10-12-17(13-11-16)23-27(25,26)20-8-3-2-4-9-20/h2-14,22-23H,1H3,(H,21,24). The Morgan fingerprint density at radius 2 is 1.37 bits per heavy atom. The summed E-state index contributed by atoms with van der Waals surface area (Å²) in [6, 6.07) is 22.4. The molecule has 6 nitrogen and oxygen atoms in total. The Morgan fingerprint density at radius 3 is 2.04 bits per heavy atom. The van der Waals surface area contributed by atoms with Crippen LogP contribution in [0, 0.1) is 0 Å². The van der Waals surface area contributed by atoms with Crippen molar-refractivity contribution in [3.05, 3.63) is 78.9 Å². The summed E-state index contributed by atoms with van der Waals surface area (Å²) in [5, 5.41) is 5.94. The molecule has 3 aromatic carbocycles.